The van der Waals surface area contributed by atoms with Crippen molar-refractivity contribution in [1.29, 1.82) is 0 Å². The summed E-state index contributed by atoms with van der Waals surface area (Å²) in [6.45, 7) is 0.867. The number of benzene rings is 1. The van der Waals surface area contributed by atoms with Crippen LogP contribution in [0, 0.1) is 0 Å². The van der Waals surface area contributed by atoms with Crippen molar-refractivity contribution in [3.8, 4) is 0 Å². The molecule has 1 aromatic carbocycles. The average molecular weight is 171 g/mol. The van der Waals surface area contributed by atoms with Crippen molar-refractivity contribution in [2.24, 2.45) is 4.99 Å². The van der Waals surface area contributed by atoms with Gasteiger partial charge in [0, 0.05) is 11.6 Å². The van der Waals surface area contributed by atoms with Crippen LogP contribution in [-0.4, -0.2) is 22.5 Å². The van der Waals surface area contributed by atoms with E-state index < -0.39 is 0 Å². The van der Waals surface area contributed by atoms with Gasteiger partial charge in [0.2, 0.25) is 0 Å². The van der Waals surface area contributed by atoms with Crippen LogP contribution in [0.2, 0.25) is 0 Å². The molecule has 2 aromatic rings. The Morgan fingerprint density at radius 3 is 2.92 bits per heavy atom. The molecule has 13 heavy (non-hydrogen) atoms. The number of hydrogen-bond acceptors (Lipinski definition) is 2. The lowest BCUT2D eigenvalue weighted by molar-refractivity contribution is 0.569. The molecule has 0 aliphatic carbocycles. The highest BCUT2D eigenvalue weighted by atomic mass is 15.3. The second kappa shape index (κ2) is 2.42. The fraction of sp³-hybridized carbons (Fsp3) is 0.200. The topological polar surface area (TPSA) is 30.2 Å². The minimum atomic E-state index is 0.375. The zero-order valence-corrected chi connectivity index (χ0v) is 7.09. The standard InChI is InChI=1S/C10H9N3/c1-2-4-10-8(3-1)5-12-13(10)9-6-11-7-9/h1-6,9H,7H2. The maximum Gasteiger partial charge on any atom is 0.107 e. The zero-order chi connectivity index (χ0) is 8.67. The Hall–Kier alpha value is -1.64. The second-order valence-corrected chi connectivity index (χ2v) is 3.23. The normalized spacial score (nSPS) is 20.5. The third kappa shape index (κ3) is 0.900. The Morgan fingerprint density at radius 1 is 1.31 bits per heavy atom. The summed E-state index contributed by atoms with van der Waals surface area (Å²) in [4.78, 5) is 4.08. The molecule has 1 unspecified atom stereocenters. The predicted molar refractivity (Wildman–Crippen MR) is 52.1 cm³/mol. The first-order chi connectivity index (χ1) is 6.45. The van der Waals surface area contributed by atoms with Crippen LogP contribution in [0.3, 0.4) is 0 Å². The molecule has 0 saturated carbocycles. The van der Waals surface area contributed by atoms with Gasteiger partial charge in [0.1, 0.15) is 6.04 Å². The van der Waals surface area contributed by atoms with E-state index in [4.69, 9.17) is 0 Å². The Balaban J connectivity index is 2.23. The number of fused-ring (bicyclic) bond motifs is 1. The fourth-order valence-electron chi connectivity index (χ4n) is 1.60. The van der Waals surface area contributed by atoms with E-state index in [0.29, 0.717) is 6.04 Å². The monoisotopic (exact) mass is 171 g/mol. The summed E-state index contributed by atoms with van der Waals surface area (Å²) < 4.78 is 2.03. The van der Waals surface area contributed by atoms with Crippen LogP contribution in [0.1, 0.15) is 6.04 Å². The van der Waals surface area contributed by atoms with Crippen molar-refractivity contribution in [1.82, 2.24) is 9.78 Å². The van der Waals surface area contributed by atoms with E-state index >= 15 is 0 Å². The van der Waals surface area contributed by atoms with Gasteiger partial charge >= 0.3 is 0 Å². The Morgan fingerprint density at radius 2 is 2.15 bits per heavy atom. The van der Waals surface area contributed by atoms with Crippen LogP contribution in [0.5, 0.6) is 0 Å². The molecule has 0 N–H and O–H groups in total. The van der Waals surface area contributed by atoms with E-state index in [1.54, 1.807) is 0 Å². The molecule has 1 aromatic heterocycles. The lowest BCUT2D eigenvalue weighted by Gasteiger charge is -2.17. The smallest absolute Gasteiger partial charge is 0.107 e. The van der Waals surface area contributed by atoms with Gasteiger partial charge in [-0.2, -0.15) is 5.10 Å². The Kier molecular flexibility index (Phi) is 1.27. The number of aliphatic imine (C=N–C) groups is 1. The van der Waals surface area contributed by atoms with Gasteiger partial charge in [-0.25, -0.2) is 0 Å². The van der Waals surface area contributed by atoms with Gasteiger partial charge in [-0.05, 0) is 6.07 Å². The van der Waals surface area contributed by atoms with Crippen molar-refractivity contribution in [3.63, 3.8) is 0 Å². The molecule has 1 aliphatic heterocycles. The first kappa shape index (κ1) is 6.83. The highest BCUT2D eigenvalue weighted by molar-refractivity contribution is 5.80. The summed E-state index contributed by atoms with van der Waals surface area (Å²) in [6.07, 6.45) is 3.85. The lowest BCUT2D eigenvalue weighted by Crippen LogP contribution is -2.21. The Bertz CT molecular complexity index is 470. The molecule has 64 valence electrons. The van der Waals surface area contributed by atoms with Crippen molar-refractivity contribution in [3.05, 3.63) is 30.5 Å². The number of aromatic nitrogens is 2. The number of rotatable bonds is 1. The van der Waals surface area contributed by atoms with Crippen molar-refractivity contribution in [2.75, 3.05) is 6.54 Å². The zero-order valence-electron chi connectivity index (χ0n) is 7.09. The molecule has 1 aliphatic rings. The van der Waals surface area contributed by atoms with Crippen molar-refractivity contribution in [2.45, 2.75) is 6.04 Å². The summed E-state index contributed by atoms with van der Waals surface area (Å²) in [7, 11) is 0. The average Bonchev–Trinajstić information content (AvgIpc) is 2.47. The van der Waals surface area contributed by atoms with Gasteiger partial charge in [-0.3, -0.25) is 9.67 Å². The number of hydrogen-bond donors (Lipinski definition) is 0. The number of nitrogens with zero attached hydrogens (tertiary/aromatic N) is 3. The van der Waals surface area contributed by atoms with E-state index in [2.05, 4.69) is 22.2 Å². The van der Waals surface area contributed by atoms with Crippen LogP contribution in [-0.2, 0) is 0 Å². The summed E-state index contributed by atoms with van der Waals surface area (Å²) in [5.74, 6) is 0. The molecular formula is C10H9N3. The summed E-state index contributed by atoms with van der Waals surface area (Å²) in [5, 5.41) is 5.54. The molecule has 0 bridgehead atoms. The summed E-state index contributed by atoms with van der Waals surface area (Å²) >= 11 is 0. The maximum absolute atomic E-state index is 4.34. The van der Waals surface area contributed by atoms with Crippen LogP contribution < -0.4 is 0 Å². The molecule has 3 rings (SSSR count). The van der Waals surface area contributed by atoms with E-state index in [-0.39, 0.29) is 0 Å². The molecule has 1 atom stereocenters. The quantitative estimate of drug-likeness (QED) is 0.641. The van der Waals surface area contributed by atoms with Crippen LogP contribution in [0.4, 0.5) is 0 Å². The molecule has 2 heterocycles. The van der Waals surface area contributed by atoms with Gasteiger partial charge in [0.15, 0.2) is 0 Å². The van der Waals surface area contributed by atoms with Crippen LogP contribution >= 0.6 is 0 Å². The van der Waals surface area contributed by atoms with Gasteiger partial charge in [0.05, 0.1) is 18.3 Å². The van der Waals surface area contributed by atoms with E-state index in [0.717, 1.165) is 6.54 Å². The molecular weight excluding hydrogens is 162 g/mol. The van der Waals surface area contributed by atoms with Gasteiger partial charge < -0.3 is 0 Å². The molecule has 0 spiro atoms. The first-order valence-electron chi connectivity index (χ1n) is 4.37. The summed E-state index contributed by atoms with van der Waals surface area (Å²) in [6, 6.07) is 8.61. The highest BCUT2D eigenvalue weighted by Crippen LogP contribution is 2.19. The van der Waals surface area contributed by atoms with Gasteiger partial charge in [-0.15, -0.1) is 0 Å². The first-order valence-corrected chi connectivity index (χ1v) is 4.37. The van der Waals surface area contributed by atoms with Crippen LogP contribution in [0.25, 0.3) is 10.9 Å². The third-order valence-corrected chi connectivity index (χ3v) is 2.39. The molecule has 0 amide bonds. The fourth-order valence-corrected chi connectivity index (χ4v) is 1.60. The molecule has 0 fully saturated rings. The predicted octanol–water partition coefficient (Wildman–Crippen LogP) is 1.66. The molecule has 0 saturated heterocycles. The van der Waals surface area contributed by atoms with Crippen molar-refractivity contribution < 1.29 is 0 Å². The highest BCUT2D eigenvalue weighted by Gasteiger charge is 2.16. The lowest BCUT2D eigenvalue weighted by atomic mass is 10.2. The molecule has 3 nitrogen and oxygen atoms in total. The molecule has 3 heteroatoms. The Labute approximate surface area is 75.7 Å². The minimum Gasteiger partial charge on any atom is -0.293 e. The SMILES string of the molecule is C1=NCC1n1ncc2ccccc21. The van der Waals surface area contributed by atoms with Crippen LogP contribution in [0.15, 0.2) is 35.5 Å². The largest absolute Gasteiger partial charge is 0.293 e. The van der Waals surface area contributed by atoms with E-state index in [1.807, 2.05) is 29.2 Å². The summed E-state index contributed by atoms with van der Waals surface area (Å²) in [5.41, 5.74) is 1.19. The van der Waals surface area contributed by atoms with E-state index in [1.165, 1.54) is 10.9 Å². The van der Waals surface area contributed by atoms with Crippen molar-refractivity contribution >= 4 is 17.1 Å². The molecule has 0 radical (unpaired) electrons. The maximum atomic E-state index is 4.34. The van der Waals surface area contributed by atoms with E-state index in [9.17, 15) is 0 Å². The van der Waals surface area contributed by atoms with Gasteiger partial charge in [0.25, 0.3) is 0 Å². The minimum absolute atomic E-state index is 0.375. The number of para-hydroxylation sites is 1. The van der Waals surface area contributed by atoms with Gasteiger partial charge in [-0.1, -0.05) is 18.2 Å². The third-order valence-electron chi connectivity index (χ3n) is 2.39. The second-order valence-electron chi connectivity index (χ2n) is 3.23.